The number of piperidine rings is 1. The lowest BCUT2D eigenvalue weighted by Gasteiger charge is -2.41. The number of nitrogens with one attached hydrogen (secondary N) is 1. The Bertz CT molecular complexity index is 793. The zero-order valence-electron chi connectivity index (χ0n) is 14.9. The van der Waals surface area contributed by atoms with E-state index in [9.17, 15) is 4.79 Å². The third kappa shape index (κ3) is 3.20. The molecule has 1 aliphatic heterocycles. The van der Waals surface area contributed by atoms with Crippen LogP contribution in [0.3, 0.4) is 0 Å². The monoisotopic (exact) mass is 342 g/mol. The molecular formula is C18H26N6O. The minimum absolute atomic E-state index is 0.0746. The van der Waals surface area contributed by atoms with Gasteiger partial charge in [0.05, 0.1) is 11.7 Å². The van der Waals surface area contributed by atoms with Crippen molar-refractivity contribution in [3.05, 3.63) is 40.7 Å². The summed E-state index contributed by atoms with van der Waals surface area (Å²) >= 11 is 0. The number of aromatic nitrogens is 4. The van der Waals surface area contributed by atoms with Crippen molar-refractivity contribution in [3.63, 3.8) is 0 Å². The van der Waals surface area contributed by atoms with Crippen LogP contribution in [0.15, 0.2) is 29.5 Å². The molecule has 2 aliphatic rings. The molecule has 0 unspecified atom stereocenters. The smallest absolute Gasteiger partial charge is 0.293 e. The van der Waals surface area contributed by atoms with Gasteiger partial charge in [-0.05, 0) is 44.2 Å². The first-order valence-corrected chi connectivity index (χ1v) is 9.14. The molecule has 4 rings (SSSR count). The summed E-state index contributed by atoms with van der Waals surface area (Å²) in [6, 6.07) is 3.21. The zero-order chi connectivity index (χ0) is 17.4. The van der Waals surface area contributed by atoms with E-state index in [0.717, 1.165) is 19.5 Å². The Labute approximate surface area is 147 Å². The molecule has 0 amide bonds. The minimum Gasteiger partial charge on any atom is -0.365 e. The van der Waals surface area contributed by atoms with E-state index in [-0.39, 0.29) is 5.56 Å². The van der Waals surface area contributed by atoms with Crippen LogP contribution in [0, 0.1) is 5.92 Å². The van der Waals surface area contributed by atoms with Crippen LogP contribution >= 0.6 is 0 Å². The Morgan fingerprint density at radius 3 is 2.80 bits per heavy atom. The summed E-state index contributed by atoms with van der Waals surface area (Å²) in [5, 5.41) is 7.70. The van der Waals surface area contributed by atoms with Gasteiger partial charge in [0.1, 0.15) is 0 Å². The molecule has 0 radical (unpaired) electrons. The Kier molecular flexibility index (Phi) is 4.33. The maximum atomic E-state index is 12.2. The normalized spacial score (nSPS) is 24.4. The molecule has 3 heterocycles. The van der Waals surface area contributed by atoms with Crippen LogP contribution in [0.1, 0.15) is 37.4 Å². The van der Waals surface area contributed by atoms with E-state index in [4.69, 9.17) is 0 Å². The van der Waals surface area contributed by atoms with Crippen LogP contribution in [0.5, 0.6) is 0 Å². The van der Waals surface area contributed by atoms with E-state index in [1.54, 1.807) is 24.0 Å². The molecule has 2 aromatic rings. The van der Waals surface area contributed by atoms with Crippen LogP contribution in [-0.2, 0) is 14.1 Å². The Morgan fingerprint density at radius 1 is 1.24 bits per heavy atom. The molecule has 0 bridgehead atoms. The summed E-state index contributed by atoms with van der Waals surface area (Å²) < 4.78 is 3.56. The topological polar surface area (TPSA) is 68.0 Å². The lowest BCUT2D eigenvalue weighted by atomic mass is 9.86. The van der Waals surface area contributed by atoms with Gasteiger partial charge in [-0.3, -0.25) is 14.4 Å². The van der Waals surface area contributed by atoms with Crippen LogP contribution < -0.4 is 10.9 Å². The second-order valence-corrected chi connectivity index (χ2v) is 7.27. The molecule has 7 heteroatoms. The average molecular weight is 342 g/mol. The van der Waals surface area contributed by atoms with Crippen molar-refractivity contribution < 1.29 is 0 Å². The first-order valence-electron chi connectivity index (χ1n) is 9.14. The minimum atomic E-state index is -0.0746. The number of nitrogens with zero attached hydrogens (tertiary/aromatic N) is 5. The Morgan fingerprint density at radius 2 is 2.08 bits per heavy atom. The fraction of sp³-hybridized carbons (Fsp3) is 0.611. The molecule has 134 valence electrons. The molecule has 1 saturated heterocycles. The fourth-order valence-corrected chi connectivity index (χ4v) is 4.07. The number of rotatable bonds is 5. The third-order valence-corrected chi connectivity index (χ3v) is 5.52. The molecule has 0 aromatic carbocycles. The van der Waals surface area contributed by atoms with E-state index in [0.29, 0.717) is 23.8 Å². The molecule has 1 aliphatic carbocycles. The van der Waals surface area contributed by atoms with E-state index < -0.39 is 0 Å². The lowest BCUT2D eigenvalue weighted by Crippen LogP contribution is -2.43. The second-order valence-electron chi connectivity index (χ2n) is 7.27. The molecule has 1 N–H and O–H groups in total. The molecule has 0 spiro atoms. The summed E-state index contributed by atoms with van der Waals surface area (Å²) in [4.78, 5) is 19.1. The zero-order valence-corrected chi connectivity index (χ0v) is 14.9. The lowest BCUT2D eigenvalue weighted by molar-refractivity contribution is 0.0841. The van der Waals surface area contributed by atoms with Crippen molar-refractivity contribution in [2.45, 2.75) is 37.8 Å². The maximum absolute atomic E-state index is 12.2. The van der Waals surface area contributed by atoms with Crippen LogP contribution in [-0.4, -0.2) is 43.4 Å². The molecule has 1 saturated carbocycles. The first-order chi connectivity index (χ1) is 12.1. The van der Waals surface area contributed by atoms with Gasteiger partial charge < -0.3 is 9.88 Å². The van der Waals surface area contributed by atoms with Gasteiger partial charge in [0.15, 0.2) is 5.82 Å². The highest BCUT2D eigenvalue weighted by Crippen LogP contribution is 2.42. The molecule has 7 nitrogen and oxygen atoms in total. The predicted molar refractivity (Wildman–Crippen MR) is 96.4 cm³/mol. The van der Waals surface area contributed by atoms with E-state index in [2.05, 4.69) is 26.4 Å². The van der Waals surface area contributed by atoms with Crippen LogP contribution in [0.2, 0.25) is 0 Å². The quantitative estimate of drug-likeness (QED) is 0.893. The molecule has 25 heavy (non-hydrogen) atoms. The highest BCUT2D eigenvalue weighted by atomic mass is 16.1. The summed E-state index contributed by atoms with van der Waals surface area (Å²) in [7, 11) is 3.77. The largest absolute Gasteiger partial charge is 0.365 e. The van der Waals surface area contributed by atoms with Gasteiger partial charge in [-0.25, -0.2) is 4.98 Å². The van der Waals surface area contributed by atoms with Crippen molar-refractivity contribution in [3.8, 4) is 0 Å². The van der Waals surface area contributed by atoms with Gasteiger partial charge in [-0.1, -0.05) is 0 Å². The molecule has 2 atom stereocenters. The van der Waals surface area contributed by atoms with Crippen LogP contribution in [0.25, 0.3) is 0 Å². The number of anilines is 1. The molecule has 2 aromatic heterocycles. The van der Waals surface area contributed by atoms with Gasteiger partial charge in [-0.2, -0.15) is 5.10 Å². The van der Waals surface area contributed by atoms with E-state index >= 15 is 0 Å². The van der Waals surface area contributed by atoms with Crippen molar-refractivity contribution in [1.29, 1.82) is 0 Å². The van der Waals surface area contributed by atoms with Crippen LogP contribution in [0.4, 0.5) is 5.82 Å². The number of aryl methyl sites for hydroxylation is 2. The SMILES string of the molecule is Cn1nccc1[C@H]1[C@H](CNc2nccn(C)c2=O)CCCN1C1CC1. The van der Waals surface area contributed by atoms with Gasteiger partial charge in [0, 0.05) is 45.3 Å². The standard InChI is InChI=1S/C18H26N6O/c1-22-11-9-19-17(18(22)25)20-12-13-4-3-10-24(14-5-6-14)16(13)15-7-8-21-23(15)2/h7-9,11,13-14,16H,3-6,10,12H2,1-2H3,(H,19,20)/t13-,16+/m0/s1. The van der Waals surface area contributed by atoms with Crippen molar-refractivity contribution >= 4 is 5.82 Å². The molecular weight excluding hydrogens is 316 g/mol. The number of hydrogen-bond acceptors (Lipinski definition) is 5. The second kappa shape index (κ2) is 6.63. The summed E-state index contributed by atoms with van der Waals surface area (Å²) in [6.45, 7) is 1.91. The maximum Gasteiger partial charge on any atom is 0.293 e. The first kappa shape index (κ1) is 16.3. The Hall–Kier alpha value is -2.15. The van der Waals surface area contributed by atoms with Crippen molar-refractivity contribution in [1.82, 2.24) is 24.2 Å². The number of likely N-dealkylation sites (tertiary alicyclic amines) is 1. The average Bonchev–Trinajstić information content (AvgIpc) is 3.37. The van der Waals surface area contributed by atoms with Gasteiger partial charge in [0.25, 0.3) is 5.56 Å². The van der Waals surface area contributed by atoms with E-state index in [1.807, 2.05) is 17.9 Å². The van der Waals surface area contributed by atoms with Gasteiger partial charge in [-0.15, -0.1) is 0 Å². The predicted octanol–water partition coefficient (Wildman–Crippen LogP) is 1.54. The summed E-state index contributed by atoms with van der Waals surface area (Å²) in [5.74, 6) is 0.883. The summed E-state index contributed by atoms with van der Waals surface area (Å²) in [6.07, 6.45) is 10.2. The van der Waals surface area contributed by atoms with Gasteiger partial charge in [0.2, 0.25) is 0 Å². The van der Waals surface area contributed by atoms with Crippen molar-refractivity contribution in [2.24, 2.45) is 20.0 Å². The van der Waals surface area contributed by atoms with Gasteiger partial charge >= 0.3 is 0 Å². The molecule has 2 fully saturated rings. The van der Waals surface area contributed by atoms with E-state index in [1.165, 1.54) is 25.0 Å². The number of hydrogen-bond donors (Lipinski definition) is 1. The third-order valence-electron chi connectivity index (χ3n) is 5.52. The van der Waals surface area contributed by atoms with Crippen molar-refractivity contribution in [2.75, 3.05) is 18.4 Å². The fourth-order valence-electron chi connectivity index (χ4n) is 4.07. The Balaban J connectivity index is 1.56. The summed E-state index contributed by atoms with van der Waals surface area (Å²) in [5.41, 5.74) is 1.20. The highest BCUT2D eigenvalue weighted by molar-refractivity contribution is 5.31. The highest BCUT2D eigenvalue weighted by Gasteiger charge is 2.41.